The average molecular weight is 415 g/mol. The fraction of sp³-hybridized carbons (Fsp3) is 0.692. The Hall–Kier alpha value is -0.180. The Bertz CT molecular complexity index is 608. The molecule has 154 valence electrons. The van der Waals surface area contributed by atoms with E-state index in [9.17, 15) is 0 Å². The van der Waals surface area contributed by atoms with Gasteiger partial charge in [0.1, 0.15) is 0 Å². The molecule has 0 N–H and O–H groups in total. The van der Waals surface area contributed by atoms with E-state index in [0.717, 1.165) is 34.5 Å². The van der Waals surface area contributed by atoms with Gasteiger partial charge in [-0.1, -0.05) is 77.3 Å². The molecule has 8 atom stereocenters. The van der Waals surface area contributed by atoms with Gasteiger partial charge >= 0.3 is 0 Å². The molecule has 4 rings (SSSR count). The first-order valence-electron chi connectivity index (χ1n) is 11.7. The number of hydrogen-bond donors (Lipinski definition) is 0. The zero-order valence-corrected chi connectivity index (χ0v) is 20.3. The van der Waals surface area contributed by atoms with Crippen molar-refractivity contribution in [2.24, 2.45) is 11.8 Å². The first kappa shape index (κ1) is 21.1. The highest BCUT2D eigenvalue weighted by molar-refractivity contribution is 7.63. The standard InChI is InChI=1S/C26H40P2/c1-19-9-5-13-23(19)27(24-14-6-10-20(24)2)17-18-28(25-15-7-11-21(25)3)26-16-8-12-22(26)4/h5,7,10,12-13,15,19,21,23-26H,6,8-9,11,14,16-18H2,1-4H3/t19-,21?,23+,24-,25-,26+,27?,28?/m0/s1. The Labute approximate surface area is 176 Å². The van der Waals surface area contributed by atoms with Crippen molar-refractivity contribution >= 4 is 15.8 Å². The predicted octanol–water partition coefficient (Wildman–Crippen LogP) is 8.10. The highest BCUT2D eigenvalue weighted by Crippen LogP contribution is 2.62. The van der Waals surface area contributed by atoms with Gasteiger partial charge in [0.2, 0.25) is 0 Å². The molecule has 0 aromatic rings. The van der Waals surface area contributed by atoms with E-state index in [1.807, 2.05) is 0 Å². The summed E-state index contributed by atoms with van der Waals surface area (Å²) in [5.41, 5.74) is 7.06. The Morgan fingerprint density at radius 3 is 1.46 bits per heavy atom. The number of hydrogen-bond acceptors (Lipinski definition) is 0. The van der Waals surface area contributed by atoms with Gasteiger partial charge in [-0.3, -0.25) is 0 Å². The highest BCUT2D eigenvalue weighted by Gasteiger charge is 2.38. The molecule has 2 heteroatoms. The second-order valence-electron chi connectivity index (χ2n) is 9.82. The Morgan fingerprint density at radius 2 is 1.18 bits per heavy atom. The summed E-state index contributed by atoms with van der Waals surface area (Å²) in [6.45, 7) is 9.90. The summed E-state index contributed by atoms with van der Waals surface area (Å²) < 4.78 is 0. The van der Waals surface area contributed by atoms with Crippen LogP contribution in [0.4, 0.5) is 0 Å². The van der Waals surface area contributed by atoms with Crippen LogP contribution in [0.3, 0.4) is 0 Å². The molecule has 0 aliphatic heterocycles. The second kappa shape index (κ2) is 9.31. The van der Waals surface area contributed by atoms with Crippen molar-refractivity contribution in [1.29, 1.82) is 0 Å². The molecule has 0 spiro atoms. The van der Waals surface area contributed by atoms with Crippen molar-refractivity contribution in [1.82, 2.24) is 0 Å². The quantitative estimate of drug-likeness (QED) is 0.292. The summed E-state index contributed by atoms with van der Waals surface area (Å²) in [6.07, 6.45) is 26.6. The van der Waals surface area contributed by atoms with Crippen LogP contribution in [0.25, 0.3) is 0 Å². The van der Waals surface area contributed by atoms with Gasteiger partial charge in [-0.25, -0.2) is 0 Å². The first-order chi connectivity index (χ1) is 13.6. The summed E-state index contributed by atoms with van der Waals surface area (Å²) >= 11 is 0. The molecule has 0 amide bonds. The van der Waals surface area contributed by atoms with Crippen molar-refractivity contribution in [2.75, 3.05) is 12.3 Å². The van der Waals surface area contributed by atoms with Crippen LogP contribution in [0.15, 0.2) is 47.6 Å². The number of allylic oxidation sites excluding steroid dienone is 8. The summed E-state index contributed by atoms with van der Waals surface area (Å²) in [7, 11) is 0.172. The van der Waals surface area contributed by atoms with Crippen molar-refractivity contribution < 1.29 is 0 Å². The first-order valence-corrected chi connectivity index (χ1v) is 15.1. The van der Waals surface area contributed by atoms with Gasteiger partial charge < -0.3 is 0 Å². The fourth-order valence-corrected chi connectivity index (χ4v) is 14.5. The normalized spacial score (nSPS) is 39.4. The smallest absolute Gasteiger partial charge is 0.000624 e. The van der Waals surface area contributed by atoms with Crippen LogP contribution in [0, 0.1) is 11.8 Å². The molecule has 28 heavy (non-hydrogen) atoms. The van der Waals surface area contributed by atoms with Crippen LogP contribution in [-0.4, -0.2) is 35.0 Å². The maximum atomic E-state index is 2.63. The molecule has 0 saturated carbocycles. The molecule has 4 aliphatic rings. The van der Waals surface area contributed by atoms with Crippen LogP contribution in [0.2, 0.25) is 0 Å². The molecule has 0 bridgehead atoms. The van der Waals surface area contributed by atoms with E-state index in [1.165, 1.54) is 50.8 Å². The Kier molecular flexibility index (Phi) is 7.01. The lowest BCUT2D eigenvalue weighted by atomic mass is 10.1. The zero-order valence-electron chi connectivity index (χ0n) is 18.5. The predicted molar refractivity (Wildman–Crippen MR) is 131 cm³/mol. The largest absolute Gasteiger partial charge is 0.0917 e. The maximum absolute atomic E-state index is 2.63. The molecule has 0 saturated heterocycles. The summed E-state index contributed by atoms with van der Waals surface area (Å²) in [6, 6.07) is 0. The molecule has 0 nitrogen and oxygen atoms in total. The van der Waals surface area contributed by atoms with E-state index >= 15 is 0 Å². The van der Waals surface area contributed by atoms with Gasteiger partial charge in [-0.05, 0) is 76.5 Å². The van der Waals surface area contributed by atoms with Crippen molar-refractivity contribution in [3.63, 3.8) is 0 Å². The molecule has 0 radical (unpaired) electrons. The Balaban J connectivity index is 1.53. The molecule has 0 heterocycles. The van der Waals surface area contributed by atoms with Crippen molar-refractivity contribution in [2.45, 2.75) is 88.9 Å². The van der Waals surface area contributed by atoms with Gasteiger partial charge in [0, 0.05) is 22.6 Å². The monoisotopic (exact) mass is 414 g/mol. The minimum Gasteiger partial charge on any atom is -0.0917 e. The van der Waals surface area contributed by atoms with Crippen LogP contribution in [-0.2, 0) is 0 Å². The summed E-state index contributed by atoms with van der Waals surface area (Å²) in [5, 5.41) is 0. The number of rotatable bonds is 7. The third-order valence-electron chi connectivity index (χ3n) is 7.90. The average Bonchev–Trinajstić information content (AvgIpc) is 3.45. The third-order valence-corrected chi connectivity index (χ3v) is 15.6. The van der Waals surface area contributed by atoms with E-state index in [1.54, 1.807) is 11.1 Å². The van der Waals surface area contributed by atoms with Gasteiger partial charge in [0.05, 0.1) is 0 Å². The van der Waals surface area contributed by atoms with Gasteiger partial charge in [-0.2, -0.15) is 0 Å². The van der Waals surface area contributed by atoms with Crippen LogP contribution < -0.4 is 0 Å². The lowest BCUT2D eigenvalue weighted by Crippen LogP contribution is -2.23. The minimum absolute atomic E-state index is 0.0861. The molecule has 0 fully saturated rings. The van der Waals surface area contributed by atoms with E-state index in [4.69, 9.17) is 0 Å². The van der Waals surface area contributed by atoms with Gasteiger partial charge in [-0.15, -0.1) is 0 Å². The molecule has 0 aromatic carbocycles. The van der Waals surface area contributed by atoms with E-state index < -0.39 is 0 Å². The molecular formula is C26H40P2. The Morgan fingerprint density at radius 1 is 0.750 bits per heavy atom. The molecule has 3 unspecified atom stereocenters. The SMILES string of the molecule is CC1=CCC[C@H]1P(CCP([C@@H]1C=CC[C@@H]1C)[C@H]1CCC=C1C)[C@H]1C=CCC1C. The summed E-state index contributed by atoms with van der Waals surface area (Å²) in [5.74, 6) is 1.76. The zero-order chi connectivity index (χ0) is 19.7. The minimum atomic E-state index is 0.0861. The topological polar surface area (TPSA) is 0 Å². The van der Waals surface area contributed by atoms with Gasteiger partial charge in [0.15, 0.2) is 0 Å². The van der Waals surface area contributed by atoms with Crippen LogP contribution >= 0.6 is 15.8 Å². The van der Waals surface area contributed by atoms with Crippen LogP contribution in [0.5, 0.6) is 0 Å². The molecular weight excluding hydrogens is 374 g/mol. The van der Waals surface area contributed by atoms with Crippen LogP contribution in [0.1, 0.15) is 66.2 Å². The van der Waals surface area contributed by atoms with Gasteiger partial charge in [0.25, 0.3) is 0 Å². The molecule has 4 aliphatic carbocycles. The lowest BCUT2D eigenvalue weighted by Gasteiger charge is -2.38. The van der Waals surface area contributed by atoms with E-state index in [0.29, 0.717) is 0 Å². The van der Waals surface area contributed by atoms with E-state index in [2.05, 4.69) is 64.2 Å². The fourth-order valence-electron chi connectivity index (χ4n) is 6.17. The van der Waals surface area contributed by atoms with Crippen molar-refractivity contribution in [3.8, 4) is 0 Å². The molecule has 0 aromatic heterocycles. The maximum Gasteiger partial charge on any atom is 0.000624 e. The highest BCUT2D eigenvalue weighted by atomic mass is 31.1. The third kappa shape index (κ3) is 4.30. The van der Waals surface area contributed by atoms with E-state index in [-0.39, 0.29) is 15.8 Å². The summed E-state index contributed by atoms with van der Waals surface area (Å²) in [4.78, 5) is 0. The van der Waals surface area contributed by atoms with Crippen molar-refractivity contribution in [3.05, 3.63) is 47.6 Å². The second-order valence-corrected chi connectivity index (χ2v) is 15.2. The lowest BCUT2D eigenvalue weighted by molar-refractivity contribution is 0.637.